The van der Waals surface area contributed by atoms with Crippen LogP contribution in [-0.4, -0.2) is 22.4 Å². The van der Waals surface area contributed by atoms with Gasteiger partial charge in [-0.25, -0.2) is 4.79 Å². The van der Waals surface area contributed by atoms with Crippen LogP contribution in [-0.2, 0) is 19.4 Å². The van der Waals surface area contributed by atoms with Crippen molar-refractivity contribution in [3.05, 3.63) is 89.0 Å². The first-order valence-corrected chi connectivity index (χ1v) is 10.2. The maximum atomic E-state index is 11.0. The lowest BCUT2D eigenvalue weighted by Gasteiger charge is -2.13. The van der Waals surface area contributed by atoms with Gasteiger partial charge in [0.25, 0.3) is 0 Å². The van der Waals surface area contributed by atoms with Gasteiger partial charge in [-0.05, 0) is 66.1 Å². The molecular weight excluding hydrogens is 372 g/mol. The van der Waals surface area contributed by atoms with Gasteiger partial charge < -0.3 is 14.9 Å². The Morgan fingerprint density at radius 1 is 0.964 bits per heavy atom. The van der Waals surface area contributed by atoms with Crippen molar-refractivity contribution in [2.75, 3.05) is 6.26 Å². The number of carbonyl (C=O) groups is 1. The molecule has 3 aromatic rings. The van der Waals surface area contributed by atoms with Crippen LogP contribution >= 0.6 is 11.8 Å². The molecule has 0 saturated heterocycles. The van der Waals surface area contributed by atoms with Gasteiger partial charge >= 0.3 is 5.97 Å². The second-order valence-electron chi connectivity index (χ2n) is 6.40. The summed E-state index contributed by atoms with van der Waals surface area (Å²) in [6.45, 7) is 0.501. The Balaban J connectivity index is 1.74. The van der Waals surface area contributed by atoms with E-state index in [9.17, 15) is 9.90 Å². The Morgan fingerprint density at radius 3 is 2.43 bits per heavy atom. The van der Waals surface area contributed by atoms with E-state index in [1.165, 1.54) is 12.1 Å². The van der Waals surface area contributed by atoms with Crippen LogP contribution in [0.3, 0.4) is 0 Å². The van der Waals surface area contributed by atoms with E-state index >= 15 is 0 Å². The molecule has 0 aliphatic heterocycles. The third-order valence-corrected chi connectivity index (χ3v) is 5.21. The van der Waals surface area contributed by atoms with Crippen LogP contribution in [0.4, 0.5) is 0 Å². The lowest BCUT2D eigenvalue weighted by molar-refractivity contribution is 0.0693. The minimum absolute atomic E-state index is 0.0833. The Labute approximate surface area is 168 Å². The summed E-state index contributed by atoms with van der Waals surface area (Å²) in [5.41, 5.74) is 2.99. The summed E-state index contributed by atoms with van der Waals surface area (Å²) in [6.07, 6.45) is 3.43. The van der Waals surface area contributed by atoms with Gasteiger partial charge in [0, 0.05) is 4.90 Å². The molecule has 2 N–H and O–H groups in total. The summed E-state index contributed by atoms with van der Waals surface area (Å²) in [4.78, 5) is 12.2. The van der Waals surface area contributed by atoms with Crippen molar-refractivity contribution in [2.45, 2.75) is 24.3 Å². The molecule has 0 fully saturated rings. The fourth-order valence-electron chi connectivity index (χ4n) is 2.95. The molecule has 0 aliphatic rings. The summed E-state index contributed by atoms with van der Waals surface area (Å²) in [5, 5.41) is 18.9. The summed E-state index contributed by atoms with van der Waals surface area (Å²) >= 11 is 1.67. The molecule has 4 nitrogen and oxygen atoms in total. The molecule has 0 unspecified atom stereocenters. The molecule has 5 heteroatoms. The average molecular weight is 394 g/mol. The highest BCUT2D eigenvalue weighted by Crippen LogP contribution is 2.28. The summed E-state index contributed by atoms with van der Waals surface area (Å²) < 4.78 is 6.05. The molecule has 0 atom stereocenters. The third-order valence-electron chi connectivity index (χ3n) is 4.48. The Kier molecular flexibility index (Phi) is 6.61. The maximum absolute atomic E-state index is 11.0. The molecular formula is C23H22O4S. The molecule has 144 valence electrons. The molecule has 3 rings (SSSR count). The zero-order chi connectivity index (χ0) is 19.9. The van der Waals surface area contributed by atoms with Crippen LogP contribution in [0.5, 0.6) is 11.5 Å². The first-order chi connectivity index (χ1) is 13.6. The normalized spacial score (nSPS) is 10.6. The fraction of sp³-hybridized carbons (Fsp3) is 0.174. The lowest BCUT2D eigenvalue weighted by Crippen LogP contribution is -2.01. The number of aromatic hydroxyl groups is 1. The van der Waals surface area contributed by atoms with Crippen LogP contribution in [0.15, 0.2) is 71.6 Å². The molecule has 0 radical (unpaired) electrons. The molecule has 0 aliphatic carbocycles. The van der Waals surface area contributed by atoms with Gasteiger partial charge in [-0.3, -0.25) is 0 Å². The van der Waals surface area contributed by atoms with Gasteiger partial charge in [-0.2, -0.15) is 0 Å². The van der Waals surface area contributed by atoms with Crippen molar-refractivity contribution < 1.29 is 19.7 Å². The minimum atomic E-state index is -1.13. The van der Waals surface area contributed by atoms with Crippen molar-refractivity contribution in [2.24, 2.45) is 0 Å². The molecule has 28 heavy (non-hydrogen) atoms. The quantitative estimate of drug-likeness (QED) is 0.516. The van der Waals surface area contributed by atoms with Crippen LogP contribution in [0.2, 0.25) is 0 Å². The third kappa shape index (κ3) is 5.08. The molecule has 0 spiro atoms. The number of hydrogen-bond acceptors (Lipinski definition) is 4. The number of carboxylic acid groups (broad SMARTS) is 1. The van der Waals surface area contributed by atoms with Gasteiger partial charge in [0.05, 0.1) is 0 Å². The number of aromatic carboxylic acids is 1. The molecule has 0 bridgehead atoms. The lowest BCUT2D eigenvalue weighted by atomic mass is 10.0. The minimum Gasteiger partial charge on any atom is -0.507 e. The van der Waals surface area contributed by atoms with Crippen LogP contribution in [0.25, 0.3) is 0 Å². The first-order valence-electron chi connectivity index (χ1n) is 8.95. The van der Waals surface area contributed by atoms with Gasteiger partial charge in [-0.15, -0.1) is 11.8 Å². The zero-order valence-corrected chi connectivity index (χ0v) is 16.4. The maximum Gasteiger partial charge on any atom is 0.339 e. The fourth-order valence-corrected chi connectivity index (χ4v) is 3.41. The van der Waals surface area contributed by atoms with Crippen molar-refractivity contribution >= 4 is 17.7 Å². The molecule has 0 amide bonds. The summed E-state index contributed by atoms with van der Waals surface area (Å²) in [6, 6.07) is 20.9. The number of thioether (sulfide) groups is 1. The molecule has 0 saturated carbocycles. The number of rotatable bonds is 8. The number of phenols is 1. The zero-order valence-electron chi connectivity index (χ0n) is 15.6. The second-order valence-corrected chi connectivity index (χ2v) is 7.28. The van der Waals surface area contributed by atoms with Gasteiger partial charge in [0.15, 0.2) is 0 Å². The Morgan fingerprint density at radius 2 is 1.75 bits per heavy atom. The van der Waals surface area contributed by atoms with E-state index in [0.717, 1.165) is 33.8 Å². The predicted octanol–water partition coefficient (Wildman–Crippen LogP) is 5.18. The standard InChI is InChI=1S/C23H22O4S/c1-28-19-10-12-22(27-15-17-5-3-2-4-6-17)18(14-19)9-7-16-8-11-20(23(25)26)21(24)13-16/h2-6,8,10-14,24H,7,9,15H2,1H3,(H,25,26). The van der Waals surface area contributed by atoms with Gasteiger partial charge in [0.1, 0.15) is 23.7 Å². The molecule has 3 aromatic carbocycles. The van der Waals surface area contributed by atoms with Crippen LogP contribution < -0.4 is 4.74 Å². The highest BCUT2D eigenvalue weighted by molar-refractivity contribution is 7.98. The largest absolute Gasteiger partial charge is 0.507 e. The average Bonchev–Trinajstić information content (AvgIpc) is 2.71. The molecule has 0 heterocycles. The number of benzene rings is 3. The number of aryl methyl sites for hydroxylation is 2. The highest BCUT2D eigenvalue weighted by atomic mass is 32.2. The number of carboxylic acids is 1. The Hall–Kier alpha value is -2.92. The highest BCUT2D eigenvalue weighted by Gasteiger charge is 2.11. The Bertz CT molecular complexity index is 954. The van der Waals surface area contributed by atoms with Gasteiger partial charge in [0.2, 0.25) is 0 Å². The van der Waals surface area contributed by atoms with Crippen molar-refractivity contribution in [3.8, 4) is 11.5 Å². The van der Waals surface area contributed by atoms with Gasteiger partial charge in [-0.1, -0.05) is 36.4 Å². The SMILES string of the molecule is CSc1ccc(OCc2ccccc2)c(CCc2ccc(C(=O)O)c(O)c2)c1. The van der Waals surface area contributed by atoms with Crippen molar-refractivity contribution in [1.82, 2.24) is 0 Å². The van der Waals surface area contributed by atoms with E-state index in [4.69, 9.17) is 9.84 Å². The van der Waals surface area contributed by atoms with Crippen LogP contribution in [0, 0.1) is 0 Å². The van der Waals surface area contributed by atoms with E-state index < -0.39 is 5.97 Å². The van der Waals surface area contributed by atoms with Crippen molar-refractivity contribution in [3.63, 3.8) is 0 Å². The monoisotopic (exact) mass is 394 g/mol. The first kappa shape index (κ1) is 19.8. The number of hydrogen-bond donors (Lipinski definition) is 2. The summed E-state index contributed by atoms with van der Waals surface area (Å²) in [7, 11) is 0. The topological polar surface area (TPSA) is 66.8 Å². The van der Waals surface area contributed by atoms with E-state index in [-0.39, 0.29) is 11.3 Å². The van der Waals surface area contributed by atoms with E-state index in [2.05, 4.69) is 6.07 Å². The smallest absolute Gasteiger partial charge is 0.339 e. The van der Waals surface area contributed by atoms with E-state index in [1.807, 2.05) is 48.7 Å². The van der Waals surface area contributed by atoms with Crippen molar-refractivity contribution in [1.29, 1.82) is 0 Å². The van der Waals surface area contributed by atoms with Crippen LogP contribution in [0.1, 0.15) is 27.0 Å². The second kappa shape index (κ2) is 9.33. The summed E-state index contributed by atoms with van der Waals surface area (Å²) in [5.74, 6) is -0.496. The number of ether oxygens (including phenoxy) is 1. The molecule has 0 aromatic heterocycles. The van der Waals surface area contributed by atoms with E-state index in [0.29, 0.717) is 13.0 Å². The predicted molar refractivity (Wildman–Crippen MR) is 111 cm³/mol. The van der Waals surface area contributed by atoms with E-state index in [1.54, 1.807) is 17.8 Å².